The van der Waals surface area contributed by atoms with E-state index in [2.05, 4.69) is 45.9 Å². The van der Waals surface area contributed by atoms with Gasteiger partial charge in [0.1, 0.15) is 0 Å². The summed E-state index contributed by atoms with van der Waals surface area (Å²) in [5.74, 6) is 0. The molecular weight excluding hydrogens is 170 g/mol. The van der Waals surface area contributed by atoms with Gasteiger partial charge in [0.15, 0.2) is 0 Å². The third kappa shape index (κ3) is 2.58. The predicted molar refractivity (Wildman–Crippen MR) is 62.5 cm³/mol. The van der Waals surface area contributed by atoms with Crippen molar-refractivity contribution in [1.82, 2.24) is 0 Å². The van der Waals surface area contributed by atoms with Gasteiger partial charge in [-0.2, -0.15) is 0 Å². The van der Waals surface area contributed by atoms with Crippen molar-refractivity contribution < 1.29 is 0 Å². The minimum atomic E-state index is 0.207. The molecule has 0 aliphatic rings. The summed E-state index contributed by atoms with van der Waals surface area (Å²) in [5, 5.41) is 0. The topological polar surface area (TPSA) is 26.0 Å². The Bertz CT molecular complexity index is 313. The molecule has 0 saturated carbocycles. The van der Waals surface area contributed by atoms with Crippen LogP contribution >= 0.6 is 0 Å². The van der Waals surface area contributed by atoms with Crippen LogP contribution in [0.2, 0.25) is 0 Å². The van der Waals surface area contributed by atoms with Crippen molar-refractivity contribution in [1.29, 1.82) is 0 Å². The van der Waals surface area contributed by atoms with Gasteiger partial charge in [-0.25, -0.2) is 0 Å². The highest BCUT2D eigenvalue weighted by Crippen LogP contribution is 2.23. The van der Waals surface area contributed by atoms with Crippen LogP contribution in [0.25, 0.3) is 0 Å². The van der Waals surface area contributed by atoms with E-state index in [4.69, 9.17) is 5.73 Å². The summed E-state index contributed by atoms with van der Waals surface area (Å²) in [5.41, 5.74) is 10.2. The van der Waals surface area contributed by atoms with Crippen molar-refractivity contribution in [3.05, 3.63) is 34.9 Å². The van der Waals surface area contributed by atoms with Gasteiger partial charge in [-0.15, -0.1) is 0 Å². The summed E-state index contributed by atoms with van der Waals surface area (Å²) in [7, 11) is 0. The van der Waals surface area contributed by atoms with Crippen molar-refractivity contribution >= 4 is 0 Å². The second kappa shape index (κ2) is 4.14. The van der Waals surface area contributed by atoms with E-state index in [9.17, 15) is 0 Å². The normalized spacial score (nSPS) is 11.8. The first-order valence-electron chi connectivity index (χ1n) is 5.21. The van der Waals surface area contributed by atoms with E-state index in [-0.39, 0.29) is 5.41 Å². The summed E-state index contributed by atoms with van der Waals surface area (Å²) < 4.78 is 0. The first-order valence-corrected chi connectivity index (χ1v) is 5.21. The second-order valence-electron chi connectivity index (χ2n) is 4.90. The zero-order valence-corrected chi connectivity index (χ0v) is 9.72. The van der Waals surface area contributed by atoms with E-state index in [1.54, 1.807) is 0 Å². The van der Waals surface area contributed by atoms with Crippen LogP contribution in [0.15, 0.2) is 18.2 Å². The third-order valence-corrected chi connectivity index (χ3v) is 2.94. The molecule has 0 bridgehead atoms. The smallest absolute Gasteiger partial charge is 0.00226 e. The molecule has 0 aliphatic carbocycles. The maximum Gasteiger partial charge on any atom is -0.00226 e. The second-order valence-corrected chi connectivity index (χ2v) is 4.90. The fourth-order valence-electron chi connectivity index (χ4n) is 1.59. The highest BCUT2D eigenvalue weighted by Gasteiger charge is 2.17. The molecule has 0 heterocycles. The Hall–Kier alpha value is -0.820. The lowest BCUT2D eigenvalue weighted by Crippen LogP contribution is -2.26. The Morgan fingerprint density at radius 3 is 2.43 bits per heavy atom. The van der Waals surface area contributed by atoms with Crippen LogP contribution in [-0.2, 0) is 6.42 Å². The van der Waals surface area contributed by atoms with Crippen molar-refractivity contribution in [2.45, 2.75) is 34.1 Å². The molecule has 0 aromatic heterocycles. The van der Waals surface area contributed by atoms with Gasteiger partial charge in [-0.3, -0.25) is 0 Å². The zero-order chi connectivity index (χ0) is 10.8. The maximum absolute atomic E-state index is 5.74. The molecule has 1 aromatic carbocycles. The van der Waals surface area contributed by atoms with Crippen LogP contribution in [-0.4, -0.2) is 6.54 Å². The minimum Gasteiger partial charge on any atom is -0.330 e. The largest absolute Gasteiger partial charge is 0.330 e. The zero-order valence-electron chi connectivity index (χ0n) is 9.72. The number of hydrogen-bond acceptors (Lipinski definition) is 1. The molecule has 1 aromatic rings. The number of hydrogen-bond donors (Lipinski definition) is 1. The minimum absolute atomic E-state index is 0.207. The SMILES string of the molecule is Cc1cccc(CC(C)(C)CN)c1C. The van der Waals surface area contributed by atoms with E-state index in [1.807, 2.05) is 0 Å². The van der Waals surface area contributed by atoms with Crippen LogP contribution in [0.4, 0.5) is 0 Å². The summed E-state index contributed by atoms with van der Waals surface area (Å²) >= 11 is 0. The predicted octanol–water partition coefficient (Wildman–Crippen LogP) is 2.83. The average Bonchev–Trinajstić information content (AvgIpc) is 2.13. The molecule has 78 valence electrons. The van der Waals surface area contributed by atoms with Gasteiger partial charge < -0.3 is 5.73 Å². The molecule has 1 heteroatoms. The monoisotopic (exact) mass is 191 g/mol. The van der Waals surface area contributed by atoms with Crippen molar-refractivity contribution in [3.8, 4) is 0 Å². The summed E-state index contributed by atoms with van der Waals surface area (Å²) in [6.07, 6.45) is 1.07. The molecular formula is C13H21N. The van der Waals surface area contributed by atoms with Crippen LogP contribution in [0.1, 0.15) is 30.5 Å². The average molecular weight is 191 g/mol. The van der Waals surface area contributed by atoms with Crippen molar-refractivity contribution in [2.24, 2.45) is 11.1 Å². The fraction of sp³-hybridized carbons (Fsp3) is 0.538. The first-order chi connectivity index (χ1) is 6.46. The summed E-state index contributed by atoms with van der Waals surface area (Å²) in [6, 6.07) is 6.50. The number of rotatable bonds is 3. The standard InChI is InChI=1S/C13H21N/c1-10-6-5-7-12(11(10)2)8-13(3,4)9-14/h5-7H,8-9,14H2,1-4H3. The highest BCUT2D eigenvalue weighted by atomic mass is 14.6. The number of benzene rings is 1. The lowest BCUT2D eigenvalue weighted by Gasteiger charge is -2.23. The van der Waals surface area contributed by atoms with E-state index in [1.165, 1.54) is 16.7 Å². The Balaban J connectivity index is 2.92. The van der Waals surface area contributed by atoms with Crippen molar-refractivity contribution in [2.75, 3.05) is 6.54 Å². The Kier molecular flexibility index (Phi) is 3.33. The van der Waals surface area contributed by atoms with Gasteiger partial charge in [0.2, 0.25) is 0 Å². The van der Waals surface area contributed by atoms with Crippen LogP contribution in [0.3, 0.4) is 0 Å². The van der Waals surface area contributed by atoms with Gasteiger partial charge in [0.25, 0.3) is 0 Å². The quantitative estimate of drug-likeness (QED) is 0.781. The molecule has 0 spiro atoms. The molecule has 0 radical (unpaired) electrons. The molecule has 2 N–H and O–H groups in total. The summed E-state index contributed by atoms with van der Waals surface area (Å²) in [6.45, 7) is 9.52. The Morgan fingerprint density at radius 2 is 1.86 bits per heavy atom. The molecule has 0 fully saturated rings. The Morgan fingerprint density at radius 1 is 1.21 bits per heavy atom. The number of aryl methyl sites for hydroxylation is 1. The van der Waals surface area contributed by atoms with Crippen LogP contribution < -0.4 is 5.73 Å². The Labute approximate surface area is 87.3 Å². The molecule has 0 saturated heterocycles. The van der Waals surface area contributed by atoms with E-state index in [0.29, 0.717) is 0 Å². The van der Waals surface area contributed by atoms with E-state index < -0.39 is 0 Å². The molecule has 1 rings (SSSR count). The van der Waals surface area contributed by atoms with E-state index >= 15 is 0 Å². The highest BCUT2D eigenvalue weighted by molar-refractivity contribution is 5.33. The van der Waals surface area contributed by atoms with Gasteiger partial charge in [0, 0.05) is 0 Å². The van der Waals surface area contributed by atoms with Crippen LogP contribution in [0.5, 0.6) is 0 Å². The lowest BCUT2D eigenvalue weighted by molar-refractivity contribution is 0.376. The number of nitrogens with two attached hydrogens (primary N) is 1. The van der Waals surface area contributed by atoms with Gasteiger partial charge in [0.05, 0.1) is 0 Å². The maximum atomic E-state index is 5.74. The molecule has 0 unspecified atom stereocenters. The van der Waals surface area contributed by atoms with Crippen LogP contribution in [0, 0.1) is 19.3 Å². The van der Waals surface area contributed by atoms with Crippen molar-refractivity contribution in [3.63, 3.8) is 0 Å². The molecule has 1 nitrogen and oxygen atoms in total. The van der Waals surface area contributed by atoms with Gasteiger partial charge in [-0.05, 0) is 48.9 Å². The van der Waals surface area contributed by atoms with Gasteiger partial charge >= 0.3 is 0 Å². The molecule has 14 heavy (non-hydrogen) atoms. The lowest BCUT2D eigenvalue weighted by atomic mass is 9.84. The molecule has 0 amide bonds. The molecule has 0 atom stereocenters. The fourth-order valence-corrected chi connectivity index (χ4v) is 1.59. The molecule has 0 aliphatic heterocycles. The van der Waals surface area contributed by atoms with Gasteiger partial charge in [-0.1, -0.05) is 32.0 Å². The first kappa shape index (κ1) is 11.3. The third-order valence-electron chi connectivity index (χ3n) is 2.94. The summed E-state index contributed by atoms with van der Waals surface area (Å²) in [4.78, 5) is 0. The van der Waals surface area contributed by atoms with E-state index in [0.717, 1.165) is 13.0 Å².